The zero-order valence-electron chi connectivity index (χ0n) is 23.4. The summed E-state index contributed by atoms with van der Waals surface area (Å²) in [4.78, 5) is 13.0. The lowest BCUT2D eigenvalue weighted by molar-refractivity contribution is -0.147. The Morgan fingerprint density at radius 1 is 0.886 bits per heavy atom. The number of carbonyl (C=O) groups excluding carboxylic acids is 1. The topological polar surface area (TPSA) is 44.8 Å². The minimum absolute atomic E-state index is 0.0349. The van der Waals surface area contributed by atoms with Gasteiger partial charge in [-0.2, -0.15) is 0 Å². The standard InChI is InChI=1S/C30H46O4Si/c1-28(2,3)35(8,9)34-23-29(4,5)19-14-20-30(6,27(31)32-7)25-17-13-18-26(21-25)33-22-24-15-11-10-12-16-24/h10-13,15-18,21H,14,19-20,22-23H2,1-9H3. The molecule has 0 saturated carbocycles. The van der Waals surface area contributed by atoms with Gasteiger partial charge >= 0.3 is 5.97 Å². The highest BCUT2D eigenvalue weighted by atomic mass is 28.4. The summed E-state index contributed by atoms with van der Waals surface area (Å²) in [6.45, 7) is 19.1. The third-order valence-corrected chi connectivity index (χ3v) is 12.0. The average molecular weight is 499 g/mol. The zero-order chi connectivity index (χ0) is 26.3. The molecule has 0 fully saturated rings. The first kappa shape index (κ1) is 29.1. The third-order valence-electron chi connectivity index (χ3n) is 7.52. The number of ether oxygens (including phenoxy) is 2. The zero-order valence-corrected chi connectivity index (χ0v) is 24.4. The van der Waals surface area contributed by atoms with E-state index >= 15 is 0 Å². The lowest BCUT2D eigenvalue weighted by atomic mass is 9.76. The van der Waals surface area contributed by atoms with Crippen molar-refractivity contribution in [3.8, 4) is 5.75 Å². The third kappa shape index (κ3) is 8.21. The summed E-state index contributed by atoms with van der Waals surface area (Å²) in [6, 6.07) is 17.9. The molecular weight excluding hydrogens is 452 g/mol. The Balaban J connectivity index is 2.07. The van der Waals surface area contributed by atoms with Crippen molar-refractivity contribution < 1.29 is 18.7 Å². The highest BCUT2D eigenvalue weighted by molar-refractivity contribution is 6.74. The summed E-state index contributed by atoms with van der Waals surface area (Å²) in [5, 5.41) is 0.195. The Labute approximate surface area is 214 Å². The summed E-state index contributed by atoms with van der Waals surface area (Å²) < 4.78 is 17.8. The molecule has 0 amide bonds. The van der Waals surface area contributed by atoms with Crippen molar-refractivity contribution in [1.29, 1.82) is 0 Å². The van der Waals surface area contributed by atoms with Crippen LogP contribution in [0.2, 0.25) is 18.1 Å². The van der Waals surface area contributed by atoms with Gasteiger partial charge in [0.1, 0.15) is 12.4 Å². The SMILES string of the molecule is COC(=O)C(C)(CCCC(C)(C)CO[Si](C)(C)C(C)(C)C)c1cccc(OCc2ccccc2)c1. The molecule has 2 aromatic carbocycles. The van der Waals surface area contributed by atoms with Crippen molar-refractivity contribution in [1.82, 2.24) is 0 Å². The van der Waals surface area contributed by atoms with Crippen LogP contribution in [0, 0.1) is 5.41 Å². The maximum atomic E-state index is 13.0. The van der Waals surface area contributed by atoms with E-state index in [2.05, 4.69) is 47.7 Å². The van der Waals surface area contributed by atoms with E-state index in [4.69, 9.17) is 13.9 Å². The maximum absolute atomic E-state index is 13.0. The summed E-state index contributed by atoms with van der Waals surface area (Å²) in [6.07, 6.45) is 2.57. The number of benzene rings is 2. The van der Waals surface area contributed by atoms with Crippen molar-refractivity contribution in [2.45, 2.75) is 91.0 Å². The Hall–Kier alpha value is -2.11. The van der Waals surface area contributed by atoms with Gasteiger partial charge in [-0.05, 0) is 66.6 Å². The largest absolute Gasteiger partial charge is 0.489 e. The van der Waals surface area contributed by atoms with Gasteiger partial charge in [-0.25, -0.2) is 0 Å². The van der Waals surface area contributed by atoms with E-state index in [1.807, 2.05) is 61.5 Å². The Morgan fingerprint density at radius 2 is 1.54 bits per heavy atom. The summed E-state index contributed by atoms with van der Waals surface area (Å²) in [7, 11) is -0.328. The van der Waals surface area contributed by atoms with Gasteiger partial charge in [-0.15, -0.1) is 0 Å². The number of hydrogen-bond acceptors (Lipinski definition) is 4. The highest BCUT2D eigenvalue weighted by Gasteiger charge is 2.39. The van der Waals surface area contributed by atoms with Crippen LogP contribution in [0.1, 0.15) is 71.9 Å². The molecule has 2 rings (SSSR count). The molecule has 0 aliphatic heterocycles. The summed E-state index contributed by atoms with van der Waals surface area (Å²) in [5.74, 6) is 0.539. The number of methoxy groups -OCH3 is 1. The van der Waals surface area contributed by atoms with E-state index < -0.39 is 13.7 Å². The number of esters is 1. The molecule has 1 atom stereocenters. The summed E-state index contributed by atoms with van der Waals surface area (Å²) >= 11 is 0. The van der Waals surface area contributed by atoms with E-state index in [-0.39, 0.29) is 16.4 Å². The van der Waals surface area contributed by atoms with Gasteiger partial charge in [0.25, 0.3) is 0 Å². The molecule has 5 heteroatoms. The van der Waals surface area contributed by atoms with E-state index in [0.717, 1.165) is 36.3 Å². The van der Waals surface area contributed by atoms with Crippen LogP contribution in [0.15, 0.2) is 54.6 Å². The van der Waals surface area contributed by atoms with Crippen LogP contribution in [0.5, 0.6) is 5.75 Å². The second-order valence-electron chi connectivity index (χ2n) is 12.2. The van der Waals surface area contributed by atoms with Crippen LogP contribution in [-0.4, -0.2) is 28.0 Å². The predicted molar refractivity (Wildman–Crippen MR) is 147 cm³/mol. The van der Waals surface area contributed by atoms with E-state index in [1.165, 1.54) is 7.11 Å². The lowest BCUT2D eigenvalue weighted by Crippen LogP contribution is -2.43. The molecule has 0 N–H and O–H groups in total. The van der Waals surface area contributed by atoms with Gasteiger partial charge in [0, 0.05) is 6.61 Å². The molecule has 0 aliphatic rings. The molecule has 0 radical (unpaired) electrons. The monoisotopic (exact) mass is 498 g/mol. The Kier molecular flexibility index (Phi) is 9.77. The van der Waals surface area contributed by atoms with Gasteiger partial charge < -0.3 is 13.9 Å². The smallest absolute Gasteiger partial charge is 0.315 e. The molecule has 0 saturated heterocycles. The van der Waals surface area contributed by atoms with E-state index in [0.29, 0.717) is 13.0 Å². The number of rotatable bonds is 12. The fourth-order valence-corrected chi connectivity index (χ4v) is 5.03. The van der Waals surface area contributed by atoms with E-state index in [1.54, 1.807) is 0 Å². The molecule has 35 heavy (non-hydrogen) atoms. The van der Waals surface area contributed by atoms with Gasteiger partial charge in [0.15, 0.2) is 8.32 Å². The molecule has 0 heterocycles. The van der Waals surface area contributed by atoms with Crippen molar-refractivity contribution in [3.63, 3.8) is 0 Å². The van der Waals surface area contributed by atoms with E-state index in [9.17, 15) is 4.79 Å². The molecule has 0 aromatic heterocycles. The number of hydrogen-bond donors (Lipinski definition) is 0. The Bertz CT molecular complexity index is 946. The van der Waals surface area contributed by atoms with Crippen molar-refractivity contribution in [2.75, 3.05) is 13.7 Å². The van der Waals surface area contributed by atoms with Crippen molar-refractivity contribution in [2.24, 2.45) is 5.41 Å². The van der Waals surface area contributed by atoms with Crippen LogP contribution in [0.25, 0.3) is 0 Å². The lowest BCUT2D eigenvalue weighted by Gasteiger charge is -2.39. The molecular formula is C30H46O4Si. The molecule has 0 spiro atoms. The van der Waals surface area contributed by atoms with Gasteiger partial charge in [-0.3, -0.25) is 4.79 Å². The van der Waals surface area contributed by atoms with Gasteiger partial charge in [0.05, 0.1) is 12.5 Å². The predicted octanol–water partition coefficient (Wildman–Crippen LogP) is 7.91. The van der Waals surface area contributed by atoms with Crippen LogP contribution in [0.3, 0.4) is 0 Å². The quantitative estimate of drug-likeness (QED) is 0.220. The number of carbonyl (C=O) groups is 1. The van der Waals surface area contributed by atoms with Crippen LogP contribution >= 0.6 is 0 Å². The van der Waals surface area contributed by atoms with Crippen molar-refractivity contribution in [3.05, 3.63) is 65.7 Å². The Morgan fingerprint density at radius 3 is 2.14 bits per heavy atom. The second kappa shape index (κ2) is 11.7. The first-order valence-electron chi connectivity index (χ1n) is 12.7. The van der Waals surface area contributed by atoms with Crippen LogP contribution in [0.4, 0.5) is 0 Å². The molecule has 2 aromatic rings. The molecule has 0 bridgehead atoms. The van der Waals surface area contributed by atoms with Gasteiger partial charge in [0.2, 0.25) is 0 Å². The first-order chi connectivity index (χ1) is 16.2. The molecule has 0 aliphatic carbocycles. The fourth-order valence-electron chi connectivity index (χ4n) is 3.84. The highest BCUT2D eigenvalue weighted by Crippen LogP contribution is 2.39. The minimum Gasteiger partial charge on any atom is -0.489 e. The van der Waals surface area contributed by atoms with Crippen molar-refractivity contribution >= 4 is 14.3 Å². The molecule has 1 unspecified atom stereocenters. The molecule has 194 valence electrons. The van der Waals surface area contributed by atoms with Crippen LogP contribution in [-0.2, 0) is 26.0 Å². The second-order valence-corrected chi connectivity index (χ2v) is 17.0. The van der Waals surface area contributed by atoms with Crippen LogP contribution < -0.4 is 4.74 Å². The average Bonchev–Trinajstić information content (AvgIpc) is 2.81. The molecule has 4 nitrogen and oxygen atoms in total. The minimum atomic E-state index is -1.79. The maximum Gasteiger partial charge on any atom is 0.315 e. The fraction of sp³-hybridized carbons (Fsp3) is 0.567. The normalized spacial score (nSPS) is 14.3. The van der Waals surface area contributed by atoms with Gasteiger partial charge in [-0.1, -0.05) is 83.5 Å². The summed E-state index contributed by atoms with van der Waals surface area (Å²) in [5.41, 5.74) is 1.32. The first-order valence-corrected chi connectivity index (χ1v) is 15.6.